The van der Waals surface area contributed by atoms with Gasteiger partial charge in [0.25, 0.3) is 0 Å². The zero-order valence-corrected chi connectivity index (χ0v) is 11.6. The van der Waals surface area contributed by atoms with E-state index in [1.54, 1.807) is 0 Å². The molecule has 0 aromatic heterocycles. The third kappa shape index (κ3) is 2.38. The first kappa shape index (κ1) is 13.7. The van der Waals surface area contributed by atoms with Gasteiger partial charge in [-0.05, 0) is 44.0 Å². The summed E-state index contributed by atoms with van der Waals surface area (Å²) in [5, 5.41) is 2.67. The number of rotatable bonds is 4. The molecular weight excluding hydrogens is 244 g/mol. The minimum Gasteiger partial charge on any atom is -0.494 e. The lowest BCUT2D eigenvalue weighted by Gasteiger charge is -2.27. The Morgan fingerprint density at radius 2 is 2.16 bits per heavy atom. The van der Waals surface area contributed by atoms with Crippen LogP contribution in [0.4, 0.5) is 4.79 Å². The Morgan fingerprint density at radius 3 is 2.68 bits per heavy atom. The fourth-order valence-corrected chi connectivity index (χ4v) is 2.43. The fraction of sp³-hybridized carbons (Fsp3) is 0.500. The molecule has 5 nitrogen and oxygen atoms in total. The van der Waals surface area contributed by atoms with Crippen molar-refractivity contribution in [1.29, 1.82) is 0 Å². The lowest BCUT2D eigenvalue weighted by atomic mass is 9.88. The third-order valence-electron chi connectivity index (χ3n) is 3.45. The summed E-state index contributed by atoms with van der Waals surface area (Å²) < 4.78 is 11.0. The lowest BCUT2D eigenvalue weighted by molar-refractivity contribution is 0.0611. The zero-order chi connectivity index (χ0) is 14.0. The van der Waals surface area contributed by atoms with Crippen molar-refractivity contribution in [1.82, 2.24) is 5.32 Å². The lowest BCUT2D eigenvalue weighted by Crippen LogP contribution is -2.39. The van der Waals surface area contributed by atoms with Crippen LogP contribution in [-0.2, 0) is 10.3 Å². The molecule has 1 fully saturated rings. The van der Waals surface area contributed by atoms with Crippen molar-refractivity contribution < 1.29 is 14.3 Å². The molecule has 0 spiro atoms. The second-order valence-corrected chi connectivity index (χ2v) is 4.81. The number of ether oxygens (including phenoxy) is 2. The van der Waals surface area contributed by atoms with Crippen molar-refractivity contribution in [2.24, 2.45) is 5.73 Å². The van der Waals surface area contributed by atoms with Crippen LogP contribution in [0.15, 0.2) is 12.1 Å². The highest BCUT2D eigenvalue weighted by molar-refractivity contribution is 5.71. The van der Waals surface area contributed by atoms with E-state index in [9.17, 15) is 4.79 Å². The Balaban J connectivity index is 2.44. The minimum atomic E-state index is -0.767. The first-order chi connectivity index (χ1) is 9.02. The van der Waals surface area contributed by atoms with Gasteiger partial charge in [0.2, 0.25) is 0 Å². The highest BCUT2D eigenvalue weighted by atomic mass is 16.6. The smallest absolute Gasteiger partial charge is 0.408 e. The predicted molar refractivity (Wildman–Crippen MR) is 72.3 cm³/mol. The van der Waals surface area contributed by atoms with Crippen LogP contribution in [0.2, 0.25) is 0 Å². The minimum absolute atomic E-state index is 0.250. The average Bonchev–Trinajstić information content (AvgIpc) is 2.76. The molecule has 0 saturated carbocycles. The van der Waals surface area contributed by atoms with Crippen LogP contribution in [0.1, 0.15) is 23.6 Å². The second kappa shape index (κ2) is 5.09. The topological polar surface area (TPSA) is 73.6 Å². The molecule has 5 heteroatoms. The molecule has 1 unspecified atom stereocenters. The summed E-state index contributed by atoms with van der Waals surface area (Å²) in [6, 6.07) is 3.96. The summed E-state index contributed by atoms with van der Waals surface area (Å²) in [4.78, 5) is 11.3. The maximum Gasteiger partial charge on any atom is 0.408 e. The Kier molecular flexibility index (Phi) is 3.66. The van der Waals surface area contributed by atoms with E-state index in [0.717, 1.165) is 22.4 Å². The number of hydrogen-bond acceptors (Lipinski definition) is 4. The van der Waals surface area contributed by atoms with Crippen LogP contribution < -0.4 is 15.8 Å². The molecule has 1 aliphatic rings. The van der Waals surface area contributed by atoms with E-state index in [1.165, 1.54) is 0 Å². The Hall–Kier alpha value is -1.75. The number of aryl methyl sites for hydroxylation is 2. The molecule has 1 saturated heterocycles. The Labute approximate surface area is 113 Å². The third-order valence-corrected chi connectivity index (χ3v) is 3.45. The maximum atomic E-state index is 11.3. The van der Waals surface area contributed by atoms with Crippen LogP contribution in [0, 0.1) is 13.8 Å². The van der Waals surface area contributed by atoms with Crippen molar-refractivity contribution in [3.63, 3.8) is 0 Å². The van der Waals surface area contributed by atoms with E-state index in [-0.39, 0.29) is 6.54 Å². The van der Waals surface area contributed by atoms with Crippen molar-refractivity contribution in [2.75, 3.05) is 19.7 Å². The van der Waals surface area contributed by atoms with Crippen LogP contribution in [0.3, 0.4) is 0 Å². The van der Waals surface area contributed by atoms with Crippen LogP contribution >= 0.6 is 0 Å². The number of cyclic esters (lactones) is 1. The second-order valence-electron chi connectivity index (χ2n) is 4.81. The molecular formula is C14H20N2O3. The molecule has 0 aliphatic carbocycles. The van der Waals surface area contributed by atoms with Crippen LogP contribution in [0.5, 0.6) is 5.75 Å². The number of carbonyl (C=O) groups is 1. The number of nitrogens with one attached hydrogen (secondary N) is 1. The molecule has 1 aromatic rings. The number of nitrogens with two attached hydrogens (primary N) is 1. The van der Waals surface area contributed by atoms with Gasteiger partial charge in [0.15, 0.2) is 5.60 Å². The number of carbonyl (C=O) groups excluding carboxylic acids is 1. The molecule has 3 N–H and O–H groups in total. The van der Waals surface area contributed by atoms with Gasteiger partial charge in [-0.2, -0.15) is 0 Å². The first-order valence-corrected chi connectivity index (χ1v) is 6.44. The number of amides is 1. The van der Waals surface area contributed by atoms with Crippen molar-refractivity contribution >= 4 is 6.09 Å². The number of benzene rings is 1. The number of alkyl carbamates (subject to hydrolysis) is 1. The highest BCUT2D eigenvalue weighted by Crippen LogP contribution is 2.34. The van der Waals surface area contributed by atoms with Crippen molar-refractivity contribution in [3.8, 4) is 5.75 Å². The standard InChI is InChI=1S/C14H20N2O3/c1-4-18-12-6-9(2)11(5-10(12)3)14(7-15)8-16-13(17)19-14/h5-6H,4,7-8,15H2,1-3H3,(H,16,17). The summed E-state index contributed by atoms with van der Waals surface area (Å²) in [5.74, 6) is 0.855. The summed E-state index contributed by atoms with van der Waals surface area (Å²) in [6.07, 6.45) is -0.420. The molecule has 104 valence electrons. The van der Waals surface area contributed by atoms with E-state index in [1.807, 2.05) is 32.9 Å². The molecule has 19 heavy (non-hydrogen) atoms. The molecule has 2 rings (SSSR count). The molecule has 1 aliphatic heterocycles. The van der Waals surface area contributed by atoms with E-state index < -0.39 is 11.7 Å². The summed E-state index contributed by atoms with van der Waals surface area (Å²) in [6.45, 7) is 7.17. The van der Waals surface area contributed by atoms with Gasteiger partial charge in [-0.3, -0.25) is 0 Å². The van der Waals surface area contributed by atoms with E-state index in [4.69, 9.17) is 15.2 Å². The maximum absolute atomic E-state index is 11.3. The van der Waals surface area contributed by atoms with Gasteiger partial charge in [-0.1, -0.05) is 0 Å². The quantitative estimate of drug-likeness (QED) is 0.866. The van der Waals surface area contributed by atoms with Gasteiger partial charge in [-0.15, -0.1) is 0 Å². The van der Waals surface area contributed by atoms with E-state index >= 15 is 0 Å². The van der Waals surface area contributed by atoms with Gasteiger partial charge < -0.3 is 20.5 Å². The van der Waals surface area contributed by atoms with Gasteiger partial charge >= 0.3 is 6.09 Å². The van der Waals surface area contributed by atoms with Crippen molar-refractivity contribution in [2.45, 2.75) is 26.4 Å². The Bertz CT molecular complexity index is 502. The van der Waals surface area contributed by atoms with Crippen molar-refractivity contribution in [3.05, 3.63) is 28.8 Å². The monoisotopic (exact) mass is 264 g/mol. The molecule has 1 heterocycles. The Morgan fingerprint density at radius 1 is 1.42 bits per heavy atom. The van der Waals surface area contributed by atoms with E-state index in [2.05, 4.69) is 5.32 Å². The van der Waals surface area contributed by atoms with Crippen LogP contribution in [0.25, 0.3) is 0 Å². The molecule has 1 amide bonds. The molecule has 0 radical (unpaired) electrons. The predicted octanol–water partition coefficient (Wildman–Crippen LogP) is 1.60. The average molecular weight is 264 g/mol. The summed E-state index contributed by atoms with van der Waals surface area (Å²) in [5.41, 5.74) is 8.02. The molecule has 0 bridgehead atoms. The fourth-order valence-electron chi connectivity index (χ4n) is 2.43. The molecule has 1 atom stereocenters. The highest BCUT2D eigenvalue weighted by Gasteiger charge is 2.42. The largest absolute Gasteiger partial charge is 0.494 e. The van der Waals surface area contributed by atoms with Gasteiger partial charge in [0.1, 0.15) is 5.75 Å². The van der Waals surface area contributed by atoms with Gasteiger partial charge in [-0.25, -0.2) is 4.79 Å². The number of hydrogen-bond donors (Lipinski definition) is 2. The molecule has 1 aromatic carbocycles. The van der Waals surface area contributed by atoms with Gasteiger partial charge in [0, 0.05) is 12.1 Å². The van der Waals surface area contributed by atoms with Crippen LogP contribution in [-0.4, -0.2) is 25.8 Å². The summed E-state index contributed by atoms with van der Waals surface area (Å²) in [7, 11) is 0. The zero-order valence-electron chi connectivity index (χ0n) is 11.6. The first-order valence-electron chi connectivity index (χ1n) is 6.44. The SMILES string of the molecule is CCOc1cc(C)c(C2(CN)CNC(=O)O2)cc1C. The van der Waals surface area contributed by atoms with Gasteiger partial charge in [0.05, 0.1) is 13.2 Å². The normalized spacial score (nSPS) is 22.0. The van der Waals surface area contributed by atoms with E-state index in [0.29, 0.717) is 13.2 Å². The summed E-state index contributed by atoms with van der Waals surface area (Å²) >= 11 is 0.